The molecule has 5 aliphatic carbocycles. The number of alkyl halides is 1. The molecule has 8 heteroatoms. The van der Waals surface area contributed by atoms with Gasteiger partial charge in [-0.15, -0.1) is 0 Å². The highest BCUT2D eigenvalue weighted by molar-refractivity contribution is 6.01. The number of aliphatic hydroxyl groups excluding tert-OH is 1. The van der Waals surface area contributed by atoms with Crippen molar-refractivity contribution in [3.63, 3.8) is 0 Å². The fourth-order valence-electron chi connectivity index (χ4n) is 10.2. The van der Waals surface area contributed by atoms with Crippen LogP contribution in [-0.2, 0) is 23.8 Å². The van der Waals surface area contributed by atoms with Crippen molar-refractivity contribution in [3.05, 3.63) is 23.8 Å². The van der Waals surface area contributed by atoms with Crippen LogP contribution >= 0.6 is 0 Å². The minimum Gasteiger partial charge on any atom is -0.390 e. The second-order valence-corrected chi connectivity index (χ2v) is 14.1. The average molecular weight is 558 g/mol. The van der Waals surface area contributed by atoms with E-state index in [4.69, 9.17) is 14.2 Å². The minimum atomic E-state index is -1.94. The quantitative estimate of drug-likeness (QED) is 0.561. The topological polar surface area (TPSA) is 85.3 Å². The van der Waals surface area contributed by atoms with Crippen molar-refractivity contribution in [1.29, 1.82) is 0 Å². The summed E-state index contributed by atoms with van der Waals surface area (Å²) in [5.74, 6) is -0.513. The number of nitrogens with zero attached hydrogens (tertiary/aromatic N) is 1. The van der Waals surface area contributed by atoms with E-state index in [-0.39, 0.29) is 36.4 Å². The normalized spacial score (nSPS) is 49.1. The Hall–Kier alpha value is -1.45. The summed E-state index contributed by atoms with van der Waals surface area (Å²) in [6.07, 6.45) is 9.89. The maximum atomic E-state index is 17.7. The van der Waals surface area contributed by atoms with Gasteiger partial charge in [-0.1, -0.05) is 37.8 Å². The van der Waals surface area contributed by atoms with Crippen LogP contribution in [0.25, 0.3) is 0 Å². The van der Waals surface area contributed by atoms with Gasteiger partial charge in [-0.2, -0.15) is 0 Å². The molecule has 0 radical (unpaired) electrons. The van der Waals surface area contributed by atoms with E-state index in [9.17, 15) is 14.7 Å². The van der Waals surface area contributed by atoms with Crippen LogP contribution in [0.1, 0.15) is 71.6 Å². The number of carbonyl (C=O) groups is 2. The zero-order chi connectivity index (χ0) is 27.9. The number of carbonyl (C=O) groups excluding carboxylic acids is 2. The highest BCUT2D eigenvalue weighted by atomic mass is 19.1. The van der Waals surface area contributed by atoms with E-state index in [1.165, 1.54) is 12.5 Å². The second-order valence-electron chi connectivity index (χ2n) is 14.1. The van der Waals surface area contributed by atoms with Gasteiger partial charge in [-0.05, 0) is 63.5 Å². The lowest BCUT2D eigenvalue weighted by molar-refractivity contribution is -0.235. The van der Waals surface area contributed by atoms with Gasteiger partial charge in [0.25, 0.3) is 0 Å². The van der Waals surface area contributed by atoms with Crippen molar-refractivity contribution in [3.8, 4) is 0 Å². The van der Waals surface area contributed by atoms with E-state index in [1.807, 2.05) is 6.92 Å². The number of halogens is 1. The van der Waals surface area contributed by atoms with E-state index in [1.54, 1.807) is 12.2 Å². The largest absolute Gasteiger partial charge is 0.390 e. The van der Waals surface area contributed by atoms with Gasteiger partial charge in [0.05, 0.1) is 32.0 Å². The van der Waals surface area contributed by atoms with Gasteiger partial charge in [0.15, 0.2) is 29.1 Å². The molecular formula is C32H44FNO6. The Morgan fingerprint density at radius 3 is 2.62 bits per heavy atom. The molecule has 2 saturated heterocycles. The SMILES string of the molecule is C[C@]12C=CC(=O)C=C1CC[C@H]1[C@@H]3C[C@H]4O[C@@H](C5CCCCC5)O[C@@]4(C(=O)CN4CCOCC4)[C@@]3(C)C[C@H](O)[C@@]12F. The Balaban J connectivity index is 1.27. The molecule has 2 aliphatic heterocycles. The summed E-state index contributed by atoms with van der Waals surface area (Å²) in [7, 11) is 0. The van der Waals surface area contributed by atoms with Gasteiger partial charge in [0, 0.05) is 35.8 Å². The lowest BCUT2D eigenvalue weighted by Gasteiger charge is -2.62. The molecule has 0 aromatic rings. The Labute approximate surface area is 236 Å². The van der Waals surface area contributed by atoms with Crippen LogP contribution in [0.15, 0.2) is 23.8 Å². The molecule has 40 heavy (non-hydrogen) atoms. The van der Waals surface area contributed by atoms with Gasteiger partial charge >= 0.3 is 0 Å². The Morgan fingerprint density at radius 2 is 1.88 bits per heavy atom. The number of aliphatic hydroxyl groups is 1. The number of ketones is 2. The van der Waals surface area contributed by atoms with Crippen LogP contribution in [0.2, 0.25) is 0 Å². The van der Waals surface area contributed by atoms with Crippen molar-refractivity contribution in [1.82, 2.24) is 4.90 Å². The highest BCUT2D eigenvalue weighted by Gasteiger charge is 2.79. The van der Waals surface area contributed by atoms with Gasteiger partial charge < -0.3 is 19.3 Å². The number of ether oxygens (including phenoxy) is 3. The first kappa shape index (κ1) is 27.4. The van der Waals surface area contributed by atoms with Crippen molar-refractivity contribution < 1.29 is 33.3 Å². The lowest BCUT2D eigenvalue weighted by atomic mass is 9.44. The number of allylic oxidation sites excluding steroid dienone is 4. The summed E-state index contributed by atoms with van der Waals surface area (Å²) in [5.41, 5.74) is -4.21. The third-order valence-corrected chi connectivity index (χ3v) is 12.3. The van der Waals surface area contributed by atoms with Gasteiger partial charge in [-0.3, -0.25) is 14.5 Å². The summed E-state index contributed by atoms with van der Waals surface area (Å²) in [6, 6.07) is 0. The maximum absolute atomic E-state index is 17.7. The summed E-state index contributed by atoms with van der Waals surface area (Å²) in [5, 5.41) is 11.8. The first-order chi connectivity index (χ1) is 19.1. The van der Waals surface area contributed by atoms with Gasteiger partial charge in [0.1, 0.15) is 0 Å². The molecule has 0 spiro atoms. The van der Waals surface area contributed by atoms with Crippen LogP contribution in [0.4, 0.5) is 4.39 Å². The van der Waals surface area contributed by atoms with Gasteiger partial charge in [0.2, 0.25) is 0 Å². The number of fused-ring (bicyclic) bond motifs is 7. The molecule has 0 unspecified atom stereocenters. The average Bonchev–Trinajstić information content (AvgIpc) is 3.45. The van der Waals surface area contributed by atoms with Gasteiger partial charge in [-0.25, -0.2) is 4.39 Å². The molecule has 7 aliphatic rings. The second kappa shape index (κ2) is 9.53. The number of rotatable bonds is 4. The molecule has 7 rings (SSSR count). The molecule has 6 fully saturated rings. The van der Waals surface area contributed by atoms with Crippen LogP contribution in [-0.4, -0.2) is 84.2 Å². The van der Waals surface area contributed by atoms with Crippen molar-refractivity contribution in [2.45, 2.75) is 101 Å². The zero-order valence-corrected chi connectivity index (χ0v) is 23.9. The summed E-state index contributed by atoms with van der Waals surface area (Å²) in [4.78, 5) is 28.9. The molecule has 220 valence electrons. The number of morpholine rings is 1. The molecule has 7 nitrogen and oxygen atoms in total. The Bertz CT molecular complexity index is 1130. The zero-order valence-electron chi connectivity index (χ0n) is 23.9. The van der Waals surface area contributed by atoms with Crippen molar-refractivity contribution >= 4 is 11.6 Å². The fourth-order valence-corrected chi connectivity index (χ4v) is 10.2. The third-order valence-electron chi connectivity index (χ3n) is 12.3. The molecule has 0 aromatic carbocycles. The van der Waals surface area contributed by atoms with Crippen molar-refractivity contribution in [2.75, 3.05) is 32.8 Å². The molecule has 0 amide bonds. The smallest absolute Gasteiger partial charge is 0.181 e. The van der Waals surface area contributed by atoms with E-state index < -0.39 is 46.5 Å². The molecule has 1 N–H and O–H groups in total. The predicted molar refractivity (Wildman–Crippen MR) is 145 cm³/mol. The Morgan fingerprint density at radius 1 is 1.12 bits per heavy atom. The molecule has 4 saturated carbocycles. The first-order valence-electron chi connectivity index (χ1n) is 15.6. The third kappa shape index (κ3) is 3.58. The van der Waals surface area contributed by atoms with E-state index in [0.717, 1.165) is 31.3 Å². The van der Waals surface area contributed by atoms with Crippen LogP contribution in [0, 0.1) is 28.6 Å². The van der Waals surface area contributed by atoms with E-state index in [0.29, 0.717) is 45.6 Å². The number of hydrogen-bond donors (Lipinski definition) is 1. The highest BCUT2D eigenvalue weighted by Crippen LogP contribution is 2.72. The maximum Gasteiger partial charge on any atom is 0.181 e. The summed E-state index contributed by atoms with van der Waals surface area (Å²) < 4.78 is 36.9. The fraction of sp³-hybridized carbons (Fsp3) is 0.812. The standard InChI is InChI=1S/C32H44FNO6/c1-29-11-10-22(35)16-21(29)8-9-23-24-17-27-32(26(37)19-34-12-14-38-15-13-34,30(24,2)18-25(36)31(23,29)33)40-28(39-27)20-6-4-3-5-7-20/h10-11,16,20,23-25,27-28,36H,3-9,12-15,17-19H2,1-2H3/t23-,24-,25-,27+,28+,29-,30-,31-,32+/m0/s1. The number of hydrogen-bond acceptors (Lipinski definition) is 7. The summed E-state index contributed by atoms with van der Waals surface area (Å²) >= 11 is 0. The van der Waals surface area contributed by atoms with Crippen LogP contribution in [0.5, 0.6) is 0 Å². The summed E-state index contributed by atoms with van der Waals surface area (Å²) in [6.45, 7) is 6.73. The van der Waals surface area contributed by atoms with E-state index >= 15 is 4.39 Å². The predicted octanol–water partition coefficient (Wildman–Crippen LogP) is 3.93. The molecule has 0 aromatic heterocycles. The number of Topliss-reactive ketones (excluding diaryl/α,β-unsaturated/α-hetero) is 1. The molecule has 0 bridgehead atoms. The van der Waals surface area contributed by atoms with Crippen LogP contribution < -0.4 is 0 Å². The molecule has 2 heterocycles. The van der Waals surface area contributed by atoms with Crippen LogP contribution in [0.3, 0.4) is 0 Å². The first-order valence-corrected chi connectivity index (χ1v) is 15.6. The molecule has 9 atom stereocenters. The monoisotopic (exact) mass is 557 g/mol. The molecular weight excluding hydrogens is 513 g/mol. The van der Waals surface area contributed by atoms with E-state index in [2.05, 4.69) is 11.8 Å². The van der Waals surface area contributed by atoms with Crippen molar-refractivity contribution in [2.24, 2.45) is 28.6 Å². The Kier molecular flexibility index (Phi) is 6.53. The minimum absolute atomic E-state index is 0.00651. The lowest BCUT2D eigenvalue weighted by Crippen LogP contribution is -2.70.